The third-order valence-electron chi connectivity index (χ3n) is 2.54. The van der Waals surface area contributed by atoms with Crippen LogP contribution < -0.4 is 0 Å². The Balaban J connectivity index is 2.87. The fourth-order valence-corrected chi connectivity index (χ4v) is 2.90. The summed E-state index contributed by atoms with van der Waals surface area (Å²) in [6.07, 6.45) is 1.54. The van der Waals surface area contributed by atoms with Gasteiger partial charge in [0, 0.05) is 5.41 Å². The van der Waals surface area contributed by atoms with Crippen molar-refractivity contribution in [3.63, 3.8) is 0 Å². The molecule has 1 rings (SSSR count). The predicted molar refractivity (Wildman–Crippen MR) is 74.8 cm³/mol. The lowest BCUT2D eigenvalue weighted by atomic mass is 9.89. The van der Waals surface area contributed by atoms with E-state index < -0.39 is 0 Å². The SMILES string of the molecule is CC(Sc1ncnn1C(C)(C)C)C(=O)C(C)(C)C. The Morgan fingerprint density at radius 2 is 1.83 bits per heavy atom. The van der Waals surface area contributed by atoms with E-state index in [9.17, 15) is 4.79 Å². The van der Waals surface area contributed by atoms with Crippen molar-refractivity contribution in [3.05, 3.63) is 6.33 Å². The molecule has 0 radical (unpaired) electrons. The van der Waals surface area contributed by atoms with Crippen LogP contribution in [0.4, 0.5) is 0 Å². The number of Topliss-reactive ketones (excluding diaryl/α,β-unsaturated/α-hetero) is 1. The van der Waals surface area contributed by atoms with Crippen LogP contribution in [0.2, 0.25) is 0 Å². The molecule has 1 atom stereocenters. The van der Waals surface area contributed by atoms with Gasteiger partial charge in [-0.3, -0.25) is 4.79 Å². The van der Waals surface area contributed by atoms with Gasteiger partial charge in [0.05, 0.1) is 10.8 Å². The van der Waals surface area contributed by atoms with E-state index in [-0.39, 0.29) is 22.0 Å². The number of rotatable bonds is 3. The van der Waals surface area contributed by atoms with Crippen molar-refractivity contribution in [3.8, 4) is 0 Å². The molecule has 4 nitrogen and oxygen atoms in total. The van der Waals surface area contributed by atoms with Crippen LogP contribution in [0.3, 0.4) is 0 Å². The number of ketones is 1. The van der Waals surface area contributed by atoms with Crippen LogP contribution in [0.25, 0.3) is 0 Å². The van der Waals surface area contributed by atoms with Gasteiger partial charge in [-0.25, -0.2) is 9.67 Å². The lowest BCUT2D eigenvalue weighted by Gasteiger charge is -2.24. The minimum atomic E-state index is -0.320. The largest absolute Gasteiger partial charge is 0.298 e. The molecule has 0 aliphatic heterocycles. The summed E-state index contributed by atoms with van der Waals surface area (Å²) in [7, 11) is 0. The second-order valence-electron chi connectivity index (χ2n) is 6.50. The Morgan fingerprint density at radius 1 is 1.28 bits per heavy atom. The fraction of sp³-hybridized carbons (Fsp3) is 0.769. The van der Waals surface area contributed by atoms with Crippen molar-refractivity contribution in [1.29, 1.82) is 0 Å². The zero-order chi connectivity index (χ0) is 14.1. The minimum absolute atomic E-state index is 0.115. The summed E-state index contributed by atoms with van der Waals surface area (Å²) in [6, 6.07) is 0. The molecule has 0 saturated carbocycles. The molecule has 1 unspecified atom stereocenters. The van der Waals surface area contributed by atoms with Gasteiger partial charge >= 0.3 is 0 Å². The lowest BCUT2D eigenvalue weighted by Crippen LogP contribution is -2.30. The van der Waals surface area contributed by atoms with Crippen LogP contribution in [0.5, 0.6) is 0 Å². The second kappa shape index (κ2) is 5.03. The Labute approximate surface area is 114 Å². The molecule has 1 heterocycles. The van der Waals surface area contributed by atoms with E-state index in [1.165, 1.54) is 11.8 Å². The molecular weight excluding hydrogens is 246 g/mol. The summed E-state index contributed by atoms with van der Waals surface area (Å²) < 4.78 is 1.87. The number of nitrogens with zero attached hydrogens (tertiary/aromatic N) is 3. The van der Waals surface area contributed by atoms with Crippen LogP contribution in [-0.2, 0) is 10.3 Å². The zero-order valence-electron chi connectivity index (χ0n) is 12.3. The number of hydrogen-bond acceptors (Lipinski definition) is 4. The molecule has 1 aromatic rings. The maximum absolute atomic E-state index is 12.2. The van der Waals surface area contributed by atoms with Crippen LogP contribution in [-0.4, -0.2) is 25.8 Å². The van der Waals surface area contributed by atoms with Crippen LogP contribution in [0, 0.1) is 5.41 Å². The number of carbonyl (C=O) groups excluding carboxylic acids is 1. The van der Waals surface area contributed by atoms with Crippen LogP contribution in [0.15, 0.2) is 11.5 Å². The minimum Gasteiger partial charge on any atom is -0.298 e. The summed E-state index contributed by atoms with van der Waals surface area (Å²) in [5.41, 5.74) is -0.442. The average molecular weight is 269 g/mol. The number of carbonyl (C=O) groups is 1. The molecule has 18 heavy (non-hydrogen) atoms. The Hall–Kier alpha value is -0.840. The van der Waals surface area contributed by atoms with E-state index in [4.69, 9.17) is 0 Å². The molecule has 0 spiro atoms. The number of thioether (sulfide) groups is 1. The van der Waals surface area contributed by atoms with Crippen molar-refractivity contribution < 1.29 is 4.79 Å². The zero-order valence-corrected chi connectivity index (χ0v) is 13.1. The summed E-state index contributed by atoms with van der Waals surface area (Å²) in [4.78, 5) is 16.4. The van der Waals surface area contributed by atoms with Gasteiger partial charge in [0.1, 0.15) is 6.33 Å². The molecule has 0 aromatic carbocycles. The summed E-state index contributed by atoms with van der Waals surface area (Å²) in [6.45, 7) is 14.0. The molecule has 1 aromatic heterocycles. The van der Waals surface area contributed by atoms with Gasteiger partial charge in [0.2, 0.25) is 0 Å². The maximum atomic E-state index is 12.2. The molecule has 5 heteroatoms. The van der Waals surface area contributed by atoms with Gasteiger partial charge in [-0.05, 0) is 27.7 Å². The van der Waals surface area contributed by atoms with E-state index >= 15 is 0 Å². The fourth-order valence-electron chi connectivity index (χ4n) is 1.59. The Morgan fingerprint density at radius 3 is 2.28 bits per heavy atom. The van der Waals surface area contributed by atoms with Gasteiger partial charge in [-0.2, -0.15) is 5.10 Å². The normalized spacial score (nSPS) is 14.6. The standard InChI is InChI=1S/C13H23N3OS/c1-9(10(17)12(2,3)4)18-11-14-8-15-16(11)13(5,6)7/h8-9H,1-7H3. The number of aromatic nitrogens is 3. The molecule has 0 aliphatic rings. The molecule has 0 saturated heterocycles. The first-order valence-electron chi connectivity index (χ1n) is 6.15. The third-order valence-corrected chi connectivity index (χ3v) is 3.60. The quantitative estimate of drug-likeness (QED) is 0.791. The van der Waals surface area contributed by atoms with E-state index in [0.29, 0.717) is 0 Å². The van der Waals surface area contributed by atoms with Gasteiger partial charge < -0.3 is 0 Å². The smallest absolute Gasteiger partial charge is 0.187 e. The first kappa shape index (κ1) is 15.2. The van der Waals surface area contributed by atoms with Gasteiger partial charge in [0.25, 0.3) is 0 Å². The van der Waals surface area contributed by atoms with Crippen molar-refractivity contribution in [2.75, 3.05) is 0 Å². The molecule has 0 amide bonds. The first-order chi connectivity index (χ1) is 8.03. The third kappa shape index (κ3) is 3.57. The molecule has 0 aliphatic carbocycles. The van der Waals surface area contributed by atoms with E-state index in [1.54, 1.807) is 6.33 Å². The van der Waals surface area contributed by atoms with E-state index in [0.717, 1.165) is 5.16 Å². The van der Waals surface area contributed by atoms with Crippen molar-refractivity contribution in [2.45, 2.75) is 64.4 Å². The second-order valence-corrected chi connectivity index (χ2v) is 7.81. The highest BCUT2D eigenvalue weighted by Gasteiger charge is 2.29. The predicted octanol–water partition coefficient (Wildman–Crippen LogP) is 3.13. The highest BCUT2D eigenvalue weighted by molar-refractivity contribution is 8.00. The van der Waals surface area contributed by atoms with Crippen molar-refractivity contribution in [1.82, 2.24) is 14.8 Å². The van der Waals surface area contributed by atoms with Crippen molar-refractivity contribution >= 4 is 17.5 Å². The van der Waals surface area contributed by atoms with Crippen LogP contribution >= 0.6 is 11.8 Å². The number of hydrogen-bond donors (Lipinski definition) is 0. The molecule has 0 bridgehead atoms. The van der Waals surface area contributed by atoms with Gasteiger partial charge in [-0.1, -0.05) is 32.5 Å². The highest BCUT2D eigenvalue weighted by Crippen LogP contribution is 2.30. The molecule has 102 valence electrons. The Bertz CT molecular complexity index is 426. The van der Waals surface area contributed by atoms with Gasteiger partial charge in [-0.15, -0.1) is 0 Å². The molecular formula is C13H23N3OS. The highest BCUT2D eigenvalue weighted by atomic mass is 32.2. The molecule has 0 N–H and O–H groups in total. The summed E-state index contributed by atoms with van der Waals surface area (Å²) in [5.74, 6) is 0.232. The summed E-state index contributed by atoms with van der Waals surface area (Å²) >= 11 is 1.48. The summed E-state index contributed by atoms with van der Waals surface area (Å²) in [5, 5.41) is 4.92. The lowest BCUT2D eigenvalue weighted by molar-refractivity contribution is -0.125. The monoisotopic (exact) mass is 269 g/mol. The Kier molecular flexibility index (Phi) is 4.26. The van der Waals surface area contributed by atoms with E-state index in [1.807, 2.05) is 32.4 Å². The topological polar surface area (TPSA) is 47.8 Å². The van der Waals surface area contributed by atoms with Crippen molar-refractivity contribution in [2.24, 2.45) is 5.41 Å². The van der Waals surface area contributed by atoms with Crippen LogP contribution in [0.1, 0.15) is 48.5 Å². The first-order valence-corrected chi connectivity index (χ1v) is 7.03. The van der Waals surface area contributed by atoms with E-state index in [2.05, 4.69) is 30.9 Å². The maximum Gasteiger partial charge on any atom is 0.187 e. The molecule has 0 fully saturated rings. The van der Waals surface area contributed by atoms with Gasteiger partial charge in [0.15, 0.2) is 10.9 Å². The average Bonchev–Trinajstić information content (AvgIpc) is 2.62.